The predicted octanol–water partition coefficient (Wildman–Crippen LogP) is -0.149. The molecule has 2 rings (SSSR count). The fraction of sp³-hybridized carbons (Fsp3) is 0.500. The summed E-state index contributed by atoms with van der Waals surface area (Å²) in [6.07, 6.45) is -5.59. The Bertz CT molecular complexity index is 491. The van der Waals surface area contributed by atoms with Gasteiger partial charge in [-0.15, -0.1) is 0 Å². The summed E-state index contributed by atoms with van der Waals surface area (Å²) in [6, 6.07) is 6.48. The molecule has 4 N–H and O–H groups in total. The molecule has 1 amide bonds. The average molecular weight is 297 g/mol. The van der Waals surface area contributed by atoms with Crippen LogP contribution in [0.25, 0.3) is 0 Å². The van der Waals surface area contributed by atoms with Crippen molar-refractivity contribution in [1.29, 1.82) is 0 Å². The molecule has 5 atom stereocenters. The molecule has 1 heterocycles. The average Bonchev–Trinajstić information content (AvgIpc) is 2.44. The third kappa shape index (κ3) is 3.70. The highest BCUT2D eigenvalue weighted by Gasteiger charge is 2.43. The molecule has 116 valence electrons. The van der Waals surface area contributed by atoms with Crippen molar-refractivity contribution in [3.05, 3.63) is 24.3 Å². The maximum Gasteiger partial charge on any atom is 0.229 e. The molecule has 1 fully saturated rings. The number of carbonyl (C=O) groups excluding carboxylic acids is 1. The fourth-order valence-corrected chi connectivity index (χ4v) is 2.06. The van der Waals surface area contributed by atoms with E-state index in [2.05, 4.69) is 5.32 Å². The smallest absolute Gasteiger partial charge is 0.229 e. The van der Waals surface area contributed by atoms with Gasteiger partial charge in [0.1, 0.15) is 24.1 Å². The molecule has 1 aliphatic heterocycles. The molecule has 0 bridgehead atoms. The minimum Gasteiger partial charge on any atom is -0.462 e. The number of benzene rings is 1. The van der Waals surface area contributed by atoms with E-state index in [0.717, 1.165) is 0 Å². The van der Waals surface area contributed by atoms with Crippen LogP contribution in [0.15, 0.2) is 24.3 Å². The molecule has 0 aliphatic carbocycles. The molecule has 1 aromatic carbocycles. The first-order chi connectivity index (χ1) is 9.88. The topological polar surface area (TPSA) is 108 Å². The van der Waals surface area contributed by atoms with E-state index in [-0.39, 0.29) is 5.91 Å². The molecule has 0 radical (unpaired) electrons. The van der Waals surface area contributed by atoms with Crippen LogP contribution in [0.5, 0.6) is 5.75 Å². The van der Waals surface area contributed by atoms with Gasteiger partial charge in [-0.25, -0.2) is 0 Å². The number of amides is 1. The van der Waals surface area contributed by atoms with Gasteiger partial charge in [-0.3, -0.25) is 4.79 Å². The highest BCUT2D eigenvalue weighted by atomic mass is 16.7. The third-order valence-electron chi connectivity index (χ3n) is 3.24. The SMILES string of the molecule is CC(=O)Nc1ccc(OC2OC(C)C(O)C(O)C2O)cc1. The van der Waals surface area contributed by atoms with E-state index < -0.39 is 30.7 Å². The van der Waals surface area contributed by atoms with Gasteiger partial charge in [-0.2, -0.15) is 0 Å². The van der Waals surface area contributed by atoms with Crippen LogP contribution in [-0.2, 0) is 9.53 Å². The monoisotopic (exact) mass is 297 g/mol. The largest absolute Gasteiger partial charge is 0.462 e. The van der Waals surface area contributed by atoms with Crippen molar-refractivity contribution in [3.63, 3.8) is 0 Å². The number of aliphatic hydroxyl groups is 3. The lowest BCUT2D eigenvalue weighted by Crippen LogP contribution is -2.58. The number of carbonyl (C=O) groups is 1. The fourth-order valence-electron chi connectivity index (χ4n) is 2.06. The van der Waals surface area contributed by atoms with Crippen LogP contribution >= 0.6 is 0 Å². The second-order valence-corrected chi connectivity index (χ2v) is 5.00. The van der Waals surface area contributed by atoms with Gasteiger partial charge in [0, 0.05) is 12.6 Å². The first-order valence-corrected chi connectivity index (χ1v) is 6.62. The Morgan fingerprint density at radius 3 is 2.33 bits per heavy atom. The van der Waals surface area contributed by atoms with Crippen molar-refractivity contribution in [1.82, 2.24) is 0 Å². The van der Waals surface area contributed by atoms with E-state index in [4.69, 9.17) is 9.47 Å². The Labute approximate surface area is 122 Å². The zero-order valence-electron chi connectivity index (χ0n) is 11.8. The minimum atomic E-state index is -1.36. The van der Waals surface area contributed by atoms with E-state index in [9.17, 15) is 20.1 Å². The number of rotatable bonds is 3. The summed E-state index contributed by atoms with van der Waals surface area (Å²) in [5.74, 6) is 0.226. The van der Waals surface area contributed by atoms with Crippen molar-refractivity contribution in [2.45, 2.75) is 44.6 Å². The number of anilines is 1. The van der Waals surface area contributed by atoms with Crippen LogP contribution in [0, 0.1) is 0 Å². The Morgan fingerprint density at radius 1 is 1.14 bits per heavy atom. The van der Waals surface area contributed by atoms with Gasteiger partial charge in [0.15, 0.2) is 0 Å². The van der Waals surface area contributed by atoms with Crippen LogP contribution in [-0.4, -0.2) is 51.9 Å². The van der Waals surface area contributed by atoms with Crippen molar-refractivity contribution in [3.8, 4) is 5.75 Å². The summed E-state index contributed by atoms with van der Waals surface area (Å²) < 4.78 is 10.8. The number of hydrogen-bond donors (Lipinski definition) is 4. The molecule has 7 heteroatoms. The summed E-state index contributed by atoms with van der Waals surface area (Å²) in [7, 11) is 0. The van der Waals surface area contributed by atoms with E-state index >= 15 is 0 Å². The molecule has 0 saturated carbocycles. The van der Waals surface area contributed by atoms with Crippen molar-refractivity contribution >= 4 is 11.6 Å². The van der Waals surface area contributed by atoms with Crippen LogP contribution in [0.1, 0.15) is 13.8 Å². The summed E-state index contributed by atoms with van der Waals surface area (Å²) in [6.45, 7) is 2.99. The molecular formula is C14H19NO6. The summed E-state index contributed by atoms with van der Waals surface area (Å²) in [5, 5.41) is 31.8. The number of nitrogens with one attached hydrogen (secondary N) is 1. The highest BCUT2D eigenvalue weighted by Crippen LogP contribution is 2.24. The number of aliphatic hydroxyl groups excluding tert-OH is 3. The zero-order valence-corrected chi connectivity index (χ0v) is 11.8. The Hall–Kier alpha value is -1.67. The minimum absolute atomic E-state index is 0.180. The summed E-state index contributed by atoms with van der Waals surface area (Å²) in [5.41, 5.74) is 0.615. The molecule has 1 aliphatic rings. The van der Waals surface area contributed by atoms with Gasteiger partial charge in [0.05, 0.1) is 6.10 Å². The first kappa shape index (κ1) is 15.7. The second-order valence-electron chi connectivity index (χ2n) is 5.00. The second kappa shape index (κ2) is 6.40. The number of hydrogen-bond acceptors (Lipinski definition) is 6. The van der Waals surface area contributed by atoms with Crippen molar-refractivity contribution in [2.24, 2.45) is 0 Å². The third-order valence-corrected chi connectivity index (χ3v) is 3.24. The lowest BCUT2D eigenvalue weighted by Gasteiger charge is -2.38. The zero-order chi connectivity index (χ0) is 15.6. The van der Waals surface area contributed by atoms with Gasteiger partial charge in [-0.05, 0) is 31.2 Å². The quantitative estimate of drug-likeness (QED) is 0.618. The normalized spacial score (nSPS) is 32.5. The van der Waals surface area contributed by atoms with E-state index in [1.165, 1.54) is 6.92 Å². The standard InChI is InChI=1S/C14H19NO6/c1-7-11(17)12(18)13(19)14(20-7)21-10-5-3-9(4-6-10)15-8(2)16/h3-7,11-14,17-19H,1-2H3,(H,15,16). The molecular weight excluding hydrogens is 278 g/mol. The van der Waals surface area contributed by atoms with E-state index in [0.29, 0.717) is 11.4 Å². The molecule has 21 heavy (non-hydrogen) atoms. The van der Waals surface area contributed by atoms with Gasteiger partial charge < -0.3 is 30.1 Å². The molecule has 0 aromatic heterocycles. The maximum atomic E-state index is 10.9. The van der Waals surface area contributed by atoms with Crippen LogP contribution in [0.3, 0.4) is 0 Å². The van der Waals surface area contributed by atoms with Gasteiger partial charge in [0.25, 0.3) is 0 Å². The predicted molar refractivity (Wildman–Crippen MR) is 73.7 cm³/mol. The van der Waals surface area contributed by atoms with Crippen LogP contribution in [0.4, 0.5) is 5.69 Å². The number of ether oxygens (including phenoxy) is 2. The molecule has 1 aromatic rings. The van der Waals surface area contributed by atoms with E-state index in [1.54, 1.807) is 31.2 Å². The lowest BCUT2D eigenvalue weighted by molar-refractivity contribution is -0.268. The molecule has 7 nitrogen and oxygen atoms in total. The lowest BCUT2D eigenvalue weighted by atomic mass is 10.00. The van der Waals surface area contributed by atoms with Crippen molar-refractivity contribution < 1.29 is 29.6 Å². The molecule has 0 spiro atoms. The highest BCUT2D eigenvalue weighted by molar-refractivity contribution is 5.88. The Kier molecular flexibility index (Phi) is 4.79. The Morgan fingerprint density at radius 2 is 1.76 bits per heavy atom. The van der Waals surface area contributed by atoms with Gasteiger partial charge >= 0.3 is 0 Å². The first-order valence-electron chi connectivity index (χ1n) is 6.62. The summed E-state index contributed by atoms with van der Waals surface area (Å²) in [4.78, 5) is 10.9. The van der Waals surface area contributed by atoms with E-state index in [1.807, 2.05) is 0 Å². The maximum absolute atomic E-state index is 10.9. The molecule has 1 saturated heterocycles. The summed E-state index contributed by atoms with van der Waals surface area (Å²) >= 11 is 0. The molecule has 5 unspecified atom stereocenters. The Balaban J connectivity index is 2.02. The van der Waals surface area contributed by atoms with Crippen LogP contribution < -0.4 is 10.1 Å². The van der Waals surface area contributed by atoms with Crippen LogP contribution in [0.2, 0.25) is 0 Å². The van der Waals surface area contributed by atoms with Crippen molar-refractivity contribution in [2.75, 3.05) is 5.32 Å². The van der Waals surface area contributed by atoms with Gasteiger partial charge in [0.2, 0.25) is 12.2 Å². The van der Waals surface area contributed by atoms with Gasteiger partial charge in [-0.1, -0.05) is 0 Å².